The summed E-state index contributed by atoms with van der Waals surface area (Å²) < 4.78 is 1.89. The Bertz CT molecular complexity index is 866. The van der Waals surface area contributed by atoms with Crippen molar-refractivity contribution in [1.82, 2.24) is 15.1 Å². The molecule has 0 spiro atoms. The number of amides is 1. The third kappa shape index (κ3) is 4.03. The van der Waals surface area contributed by atoms with Gasteiger partial charge in [0, 0.05) is 11.3 Å². The Morgan fingerprint density at radius 1 is 1.23 bits per heavy atom. The van der Waals surface area contributed by atoms with Gasteiger partial charge in [-0.2, -0.15) is 5.10 Å². The van der Waals surface area contributed by atoms with Gasteiger partial charge in [0.2, 0.25) is 0 Å². The molecule has 1 amide bonds. The zero-order valence-corrected chi connectivity index (χ0v) is 16.4. The smallest absolute Gasteiger partial charge is 0.251 e. The highest BCUT2D eigenvalue weighted by Crippen LogP contribution is 2.16. The maximum atomic E-state index is 12.5. The second-order valence-corrected chi connectivity index (χ2v) is 7.72. The van der Waals surface area contributed by atoms with E-state index in [2.05, 4.69) is 42.0 Å². The van der Waals surface area contributed by atoms with Crippen LogP contribution in [0.15, 0.2) is 47.8 Å². The van der Waals surface area contributed by atoms with Crippen molar-refractivity contribution in [3.05, 3.63) is 69.7 Å². The molecule has 0 radical (unpaired) electrons. The molecule has 136 valence electrons. The molecule has 6 heteroatoms. The summed E-state index contributed by atoms with van der Waals surface area (Å²) in [5, 5.41) is 9.62. The first-order valence-electron chi connectivity index (χ1n) is 8.71. The standard InChI is InChI=1S/C20H24N4OS/c1-14-12-15(2)24(22-14)17-9-7-16(8-10-17)20(25)21-13-18(23(3)4)19-6-5-11-26-19/h5-12,18H,13H2,1-4H3,(H,21,25)/p+1/t18-/m1/s1. The lowest BCUT2D eigenvalue weighted by atomic mass is 10.1. The van der Waals surface area contributed by atoms with Gasteiger partial charge < -0.3 is 10.2 Å². The minimum absolute atomic E-state index is 0.0484. The SMILES string of the molecule is Cc1cc(C)n(-c2ccc(C(=O)NC[C@H](c3cccs3)[NH+](C)C)cc2)n1. The van der Waals surface area contributed by atoms with Gasteiger partial charge in [0.1, 0.15) is 6.04 Å². The van der Waals surface area contributed by atoms with Crippen LogP contribution in [0.2, 0.25) is 0 Å². The molecule has 3 rings (SSSR count). The van der Waals surface area contributed by atoms with E-state index in [-0.39, 0.29) is 11.9 Å². The van der Waals surface area contributed by atoms with Crippen LogP contribution in [0.3, 0.4) is 0 Å². The Morgan fingerprint density at radius 3 is 2.50 bits per heavy atom. The van der Waals surface area contributed by atoms with Crippen LogP contribution in [-0.2, 0) is 0 Å². The van der Waals surface area contributed by atoms with Gasteiger partial charge in [0.15, 0.2) is 0 Å². The highest BCUT2D eigenvalue weighted by Gasteiger charge is 2.20. The lowest BCUT2D eigenvalue weighted by molar-refractivity contribution is -0.890. The maximum Gasteiger partial charge on any atom is 0.251 e. The van der Waals surface area contributed by atoms with E-state index in [1.807, 2.05) is 48.9 Å². The molecule has 0 saturated carbocycles. The van der Waals surface area contributed by atoms with Crippen molar-refractivity contribution < 1.29 is 9.69 Å². The van der Waals surface area contributed by atoms with Crippen molar-refractivity contribution in [2.24, 2.45) is 0 Å². The molecule has 0 bridgehead atoms. The van der Waals surface area contributed by atoms with Gasteiger partial charge in [-0.15, -0.1) is 11.3 Å². The summed E-state index contributed by atoms with van der Waals surface area (Å²) in [6.07, 6.45) is 0. The largest absolute Gasteiger partial charge is 0.346 e. The molecule has 0 fully saturated rings. The zero-order valence-electron chi connectivity index (χ0n) is 15.6. The lowest BCUT2D eigenvalue weighted by Gasteiger charge is -2.20. The molecular weight excluding hydrogens is 344 g/mol. The number of carbonyl (C=O) groups excluding carboxylic acids is 1. The van der Waals surface area contributed by atoms with E-state index < -0.39 is 0 Å². The molecule has 1 atom stereocenters. The fourth-order valence-corrected chi connectivity index (χ4v) is 3.97. The molecule has 5 nitrogen and oxygen atoms in total. The van der Waals surface area contributed by atoms with Crippen molar-refractivity contribution in [2.45, 2.75) is 19.9 Å². The third-order valence-corrected chi connectivity index (χ3v) is 5.42. The van der Waals surface area contributed by atoms with Crippen LogP contribution in [0.5, 0.6) is 0 Å². The minimum Gasteiger partial charge on any atom is -0.346 e. The number of benzene rings is 1. The summed E-state index contributed by atoms with van der Waals surface area (Å²) in [6, 6.07) is 14.0. The minimum atomic E-state index is -0.0484. The summed E-state index contributed by atoms with van der Waals surface area (Å²) in [5.74, 6) is -0.0484. The van der Waals surface area contributed by atoms with Crippen molar-refractivity contribution in [3.63, 3.8) is 0 Å². The lowest BCUT2D eigenvalue weighted by Crippen LogP contribution is -3.06. The van der Waals surface area contributed by atoms with Gasteiger partial charge in [-0.25, -0.2) is 4.68 Å². The molecule has 2 aromatic heterocycles. The quantitative estimate of drug-likeness (QED) is 0.700. The fourth-order valence-electron chi connectivity index (χ4n) is 3.02. The molecule has 0 aliphatic heterocycles. The van der Waals surface area contributed by atoms with Crippen LogP contribution < -0.4 is 10.2 Å². The van der Waals surface area contributed by atoms with Gasteiger partial charge in [-0.05, 0) is 55.6 Å². The Hall–Kier alpha value is -2.44. The highest BCUT2D eigenvalue weighted by atomic mass is 32.1. The van der Waals surface area contributed by atoms with Gasteiger partial charge in [-0.1, -0.05) is 6.07 Å². The predicted octanol–water partition coefficient (Wildman–Crippen LogP) is 2.17. The maximum absolute atomic E-state index is 12.5. The number of aromatic nitrogens is 2. The van der Waals surface area contributed by atoms with Crippen molar-refractivity contribution in [3.8, 4) is 5.69 Å². The molecule has 0 aliphatic carbocycles. The number of carbonyl (C=O) groups is 1. The number of likely N-dealkylation sites (N-methyl/N-ethyl adjacent to an activating group) is 1. The normalized spacial score (nSPS) is 12.3. The number of hydrogen-bond acceptors (Lipinski definition) is 3. The van der Waals surface area contributed by atoms with Crippen LogP contribution in [-0.4, -0.2) is 36.3 Å². The predicted molar refractivity (Wildman–Crippen MR) is 105 cm³/mol. The van der Waals surface area contributed by atoms with E-state index >= 15 is 0 Å². The van der Waals surface area contributed by atoms with E-state index in [0.717, 1.165) is 17.1 Å². The Labute approximate surface area is 158 Å². The summed E-state index contributed by atoms with van der Waals surface area (Å²) >= 11 is 1.73. The average Bonchev–Trinajstić information content (AvgIpc) is 3.24. The monoisotopic (exact) mass is 369 g/mol. The summed E-state index contributed by atoms with van der Waals surface area (Å²) in [7, 11) is 4.22. The number of aryl methyl sites for hydroxylation is 2. The summed E-state index contributed by atoms with van der Waals surface area (Å²) in [6.45, 7) is 4.61. The topological polar surface area (TPSA) is 51.4 Å². The molecule has 2 heterocycles. The van der Waals surface area contributed by atoms with Crippen LogP contribution in [0, 0.1) is 13.8 Å². The fraction of sp³-hybridized carbons (Fsp3) is 0.300. The van der Waals surface area contributed by atoms with E-state index in [1.165, 1.54) is 9.78 Å². The molecule has 1 aromatic carbocycles. The number of hydrogen-bond donors (Lipinski definition) is 2. The van der Waals surface area contributed by atoms with Gasteiger partial charge in [0.05, 0.1) is 36.9 Å². The van der Waals surface area contributed by atoms with E-state index in [0.29, 0.717) is 12.1 Å². The van der Waals surface area contributed by atoms with E-state index in [9.17, 15) is 4.79 Å². The molecule has 0 unspecified atom stereocenters. The van der Waals surface area contributed by atoms with Gasteiger partial charge in [0.25, 0.3) is 5.91 Å². The average molecular weight is 370 g/mol. The number of rotatable bonds is 6. The first-order chi connectivity index (χ1) is 12.5. The van der Waals surface area contributed by atoms with Crippen LogP contribution in [0.1, 0.15) is 32.7 Å². The number of nitrogens with one attached hydrogen (secondary N) is 2. The first kappa shape index (κ1) is 18.4. The molecule has 2 N–H and O–H groups in total. The number of quaternary nitrogens is 1. The molecule has 26 heavy (non-hydrogen) atoms. The Balaban J connectivity index is 1.67. The second kappa shape index (κ2) is 7.85. The van der Waals surface area contributed by atoms with E-state index in [4.69, 9.17) is 0 Å². The van der Waals surface area contributed by atoms with E-state index in [1.54, 1.807) is 11.3 Å². The third-order valence-electron chi connectivity index (χ3n) is 4.43. The zero-order chi connectivity index (χ0) is 18.7. The van der Waals surface area contributed by atoms with Gasteiger partial charge in [-0.3, -0.25) is 4.79 Å². The van der Waals surface area contributed by atoms with Crippen molar-refractivity contribution in [2.75, 3.05) is 20.6 Å². The Morgan fingerprint density at radius 2 is 1.96 bits per heavy atom. The van der Waals surface area contributed by atoms with Gasteiger partial charge >= 0.3 is 0 Å². The second-order valence-electron chi connectivity index (χ2n) is 6.74. The van der Waals surface area contributed by atoms with Crippen LogP contribution >= 0.6 is 11.3 Å². The van der Waals surface area contributed by atoms with Crippen molar-refractivity contribution >= 4 is 17.2 Å². The number of nitrogens with zero attached hydrogens (tertiary/aromatic N) is 2. The summed E-state index contributed by atoms with van der Waals surface area (Å²) in [4.78, 5) is 15.1. The number of thiophene rings is 1. The highest BCUT2D eigenvalue weighted by molar-refractivity contribution is 7.10. The van der Waals surface area contributed by atoms with Crippen molar-refractivity contribution in [1.29, 1.82) is 0 Å². The van der Waals surface area contributed by atoms with Crippen LogP contribution in [0.25, 0.3) is 5.69 Å². The molecule has 0 aliphatic rings. The molecular formula is C20H25N4OS+. The van der Waals surface area contributed by atoms with Crippen LogP contribution in [0.4, 0.5) is 0 Å². The molecule has 0 saturated heterocycles. The first-order valence-corrected chi connectivity index (χ1v) is 9.59. The summed E-state index contributed by atoms with van der Waals surface area (Å²) in [5.41, 5.74) is 3.68. The Kier molecular flexibility index (Phi) is 5.54. The molecule has 3 aromatic rings.